The second-order valence-corrected chi connectivity index (χ2v) is 6.97. The summed E-state index contributed by atoms with van der Waals surface area (Å²) in [5, 5.41) is 14.6. The lowest BCUT2D eigenvalue weighted by Gasteiger charge is -2.12. The van der Waals surface area contributed by atoms with Gasteiger partial charge in [0.2, 0.25) is 0 Å². The quantitative estimate of drug-likeness (QED) is 0.373. The van der Waals surface area contributed by atoms with Crippen LogP contribution < -0.4 is 9.47 Å². The van der Waals surface area contributed by atoms with Crippen LogP contribution in [0.25, 0.3) is 16.6 Å². The predicted molar refractivity (Wildman–Crippen MR) is 112 cm³/mol. The SMILES string of the molecule is COc1cc(C#N)ccc1OC(=O)CCc1c(C)nc2c3ccccc3nn2c1C. The molecule has 0 amide bonds. The number of hydrogen-bond acceptors (Lipinski definition) is 6. The van der Waals surface area contributed by atoms with Gasteiger partial charge in [0.15, 0.2) is 17.1 Å². The Morgan fingerprint density at radius 2 is 1.97 bits per heavy atom. The van der Waals surface area contributed by atoms with Crippen LogP contribution in [-0.4, -0.2) is 27.7 Å². The van der Waals surface area contributed by atoms with Crippen LogP contribution in [0.3, 0.4) is 0 Å². The van der Waals surface area contributed by atoms with Crippen LogP contribution in [0.15, 0.2) is 42.5 Å². The Labute approximate surface area is 173 Å². The number of hydrogen-bond donors (Lipinski definition) is 0. The number of aryl methyl sites for hydroxylation is 2. The van der Waals surface area contributed by atoms with Crippen LogP contribution in [0.2, 0.25) is 0 Å². The van der Waals surface area contributed by atoms with Crippen molar-refractivity contribution in [3.8, 4) is 17.6 Å². The number of carbonyl (C=O) groups is 1. The van der Waals surface area contributed by atoms with Gasteiger partial charge in [-0.3, -0.25) is 4.79 Å². The number of nitriles is 1. The molecule has 0 bridgehead atoms. The molecule has 2 aromatic carbocycles. The maximum atomic E-state index is 12.4. The first-order valence-corrected chi connectivity index (χ1v) is 9.54. The molecular formula is C23H20N4O3. The van der Waals surface area contributed by atoms with Gasteiger partial charge in [0, 0.05) is 22.8 Å². The van der Waals surface area contributed by atoms with E-state index < -0.39 is 0 Å². The zero-order valence-corrected chi connectivity index (χ0v) is 17.0. The number of esters is 1. The molecule has 0 atom stereocenters. The van der Waals surface area contributed by atoms with Gasteiger partial charge in [0.05, 0.1) is 30.7 Å². The number of methoxy groups -OCH3 is 1. The molecule has 0 fully saturated rings. The molecule has 0 N–H and O–H groups in total. The fourth-order valence-corrected chi connectivity index (χ4v) is 3.56. The molecule has 0 radical (unpaired) electrons. The van der Waals surface area contributed by atoms with Crippen LogP contribution in [0.5, 0.6) is 11.5 Å². The van der Waals surface area contributed by atoms with Gasteiger partial charge in [-0.2, -0.15) is 10.4 Å². The van der Waals surface area contributed by atoms with Crippen LogP contribution in [0.4, 0.5) is 0 Å². The highest BCUT2D eigenvalue weighted by atomic mass is 16.6. The summed E-state index contributed by atoms with van der Waals surface area (Å²) in [6.45, 7) is 3.93. The minimum atomic E-state index is -0.387. The van der Waals surface area contributed by atoms with E-state index in [4.69, 9.17) is 19.7 Å². The van der Waals surface area contributed by atoms with Crippen molar-refractivity contribution >= 4 is 22.5 Å². The number of benzene rings is 2. The van der Waals surface area contributed by atoms with Gasteiger partial charge in [-0.1, -0.05) is 12.1 Å². The summed E-state index contributed by atoms with van der Waals surface area (Å²) in [7, 11) is 1.47. The molecule has 0 aliphatic rings. The van der Waals surface area contributed by atoms with Crippen molar-refractivity contribution in [2.24, 2.45) is 0 Å². The van der Waals surface area contributed by atoms with Gasteiger partial charge in [0.25, 0.3) is 0 Å². The third-order valence-electron chi connectivity index (χ3n) is 5.11. The monoisotopic (exact) mass is 400 g/mol. The summed E-state index contributed by atoms with van der Waals surface area (Å²) in [5.41, 5.74) is 4.93. The minimum Gasteiger partial charge on any atom is -0.493 e. The van der Waals surface area contributed by atoms with Gasteiger partial charge in [-0.05, 0) is 50.1 Å². The molecule has 7 heteroatoms. The lowest BCUT2D eigenvalue weighted by Crippen LogP contribution is -2.12. The Morgan fingerprint density at radius 1 is 1.17 bits per heavy atom. The van der Waals surface area contributed by atoms with Crippen molar-refractivity contribution < 1.29 is 14.3 Å². The summed E-state index contributed by atoms with van der Waals surface area (Å²) < 4.78 is 12.5. The van der Waals surface area contributed by atoms with Crippen molar-refractivity contribution in [3.63, 3.8) is 0 Å². The number of fused-ring (bicyclic) bond motifs is 3. The molecule has 0 unspecified atom stereocenters. The highest BCUT2D eigenvalue weighted by Gasteiger charge is 2.16. The number of rotatable bonds is 5. The first-order valence-electron chi connectivity index (χ1n) is 9.54. The molecule has 2 heterocycles. The summed E-state index contributed by atoms with van der Waals surface area (Å²) in [6, 6.07) is 14.6. The Morgan fingerprint density at radius 3 is 2.73 bits per heavy atom. The molecule has 7 nitrogen and oxygen atoms in total. The van der Waals surface area contributed by atoms with E-state index in [1.165, 1.54) is 13.2 Å². The second kappa shape index (κ2) is 7.84. The number of aromatic nitrogens is 3. The van der Waals surface area contributed by atoms with E-state index in [1.807, 2.05) is 48.7 Å². The molecule has 150 valence electrons. The normalized spacial score (nSPS) is 10.9. The molecule has 0 aliphatic carbocycles. The van der Waals surface area contributed by atoms with Gasteiger partial charge in [0.1, 0.15) is 0 Å². The third kappa shape index (κ3) is 3.44. The molecule has 0 spiro atoms. The van der Waals surface area contributed by atoms with Gasteiger partial charge in [-0.15, -0.1) is 0 Å². The second-order valence-electron chi connectivity index (χ2n) is 6.97. The molecule has 0 saturated carbocycles. The molecule has 30 heavy (non-hydrogen) atoms. The van der Waals surface area contributed by atoms with E-state index in [0.717, 1.165) is 33.5 Å². The maximum absolute atomic E-state index is 12.4. The Bertz CT molecular complexity index is 1320. The number of ether oxygens (including phenoxy) is 2. The lowest BCUT2D eigenvalue weighted by molar-refractivity contribution is -0.134. The Hall–Kier alpha value is -3.92. The Balaban J connectivity index is 1.56. The maximum Gasteiger partial charge on any atom is 0.311 e. The molecule has 2 aromatic heterocycles. The topological polar surface area (TPSA) is 89.5 Å². The van der Waals surface area contributed by atoms with E-state index in [1.54, 1.807) is 12.1 Å². The fraction of sp³-hybridized carbons (Fsp3) is 0.217. The summed E-state index contributed by atoms with van der Waals surface area (Å²) in [4.78, 5) is 17.2. The largest absolute Gasteiger partial charge is 0.493 e. The molecular weight excluding hydrogens is 380 g/mol. The van der Waals surface area contributed by atoms with Crippen LogP contribution in [0.1, 0.15) is 28.9 Å². The fourth-order valence-electron chi connectivity index (χ4n) is 3.56. The van der Waals surface area contributed by atoms with Crippen LogP contribution in [0, 0.1) is 25.2 Å². The van der Waals surface area contributed by atoms with Crippen molar-refractivity contribution in [1.29, 1.82) is 5.26 Å². The third-order valence-corrected chi connectivity index (χ3v) is 5.11. The summed E-state index contributed by atoms with van der Waals surface area (Å²) >= 11 is 0. The van der Waals surface area contributed by atoms with E-state index in [2.05, 4.69) is 5.10 Å². The van der Waals surface area contributed by atoms with Gasteiger partial charge >= 0.3 is 5.97 Å². The average Bonchev–Trinajstić information content (AvgIpc) is 3.12. The van der Waals surface area contributed by atoms with E-state index in [-0.39, 0.29) is 12.4 Å². The average molecular weight is 400 g/mol. The zero-order chi connectivity index (χ0) is 21.3. The molecule has 4 aromatic rings. The predicted octanol–water partition coefficient (Wildman–Crippen LogP) is 3.92. The summed E-state index contributed by atoms with van der Waals surface area (Å²) in [6.07, 6.45) is 0.660. The van der Waals surface area contributed by atoms with Crippen molar-refractivity contribution in [2.75, 3.05) is 7.11 Å². The summed E-state index contributed by atoms with van der Waals surface area (Å²) in [5.74, 6) is 0.255. The smallest absolute Gasteiger partial charge is 0.311 e. The van der Waals surface area contributed by atoms with Crippen molar-refractivity contribution in [1.82, 2.24) is 14.6 Å². The highest BCUT2D eigenvalue weighted by molar-refractivity contribution is 5.92. The number of carbonyl (C=O) groups excluding carboxylic acids is 1. The molecule has 0 saturated heterocycles. The van der Waals surface area contributed by atoms with Crippen molar-refractivity contribution in [3.05, 3.63) is 65.0 Å². The number of nitrogens with zero attached hydrogens (tertiary/aromatic N) is 4. The van der Waals surface area contributed by atoms with Crippen molar-refractivity contribution in [2.45, 2.75) is 26.7 Å². The van der Waals surface area contributed by atoms with Crippen LogP contribution in [-0.2, 0) is 11.2 Å². The molecule has 4 rings (SSSR count). The van der Waals surface area contributed by atoms with Gasteiger partial charge in [-0.25, -0.2) is 9.50 Å². The Kier molecular flexibility index (Phi) is 5.07. The van der Waals surface area contributed by atoms with E-state index >= 15 is 0 Å². The molecule has 0 aliphatic heterocycles. The van der Waals surface area contributed by atoms with Gasteiger partial charge < -0.3 is 9.47 Å². The van der Waals surface area contributed by atoms with Crippen LogP contribution >= 0.6 is 0 Å². The highest BCUT2D eigenvalue weighted by Crippen LogP contribution is 2.28. The first-order chi connectivity index (χ1) is 14.5. The standard InChI is InChI=1S/C23H20N4O3/c1-14-17(15(2)27-23(25-14)18-6-4-5-7-19(18)26-27)9-11-22(28)30-20-10-8-16(13-24)12-21(20)29-3/h4-8,10,12H,9,11H2,1-3H3. The first kappa shape index (κ1) is 19.4. The minimum absolute atomic E-state index is 0.179. The van der Waals surface area contributed by atoms with E-state index in [9.17, 15) is 4.79 Å². The zero-order valence-electron chi connectivity index (χ0n) is 17.0. The lowest BCUT2D eigenvalue weighted by atomic mass is 10.1. The van der Waals surface area contributed by atoms with E-state index in [0.29, 0.717) is 23.5 Å².